The average molecular weight is 487 g/mol. The standard InChI is InChI=1S/C25H30N2O6S/c1-3-32-22-6-4-5-19(15-22)18-7-10-21(11-8-18)33-14-13-26-17-25(29)20-9-12-24(28)23(16-20)27-34(2,30)31/h4-12,15-16,25-29H,3,13-14,17H2,1-2H3/t25-/m0/s1. The molecule has 34 heavy (non-hydrogen) atoms. The number of aliphatic hydroxyl groups excluding tert-OH is 1. The minimum atomic E-state index is -3.55. The molecule has 0 saturated carbocycles. The molecule has 0 aliphatic rings. The van der Waals surface area contributed by atoms with Crippen LogP contribution in [0.2, 0.25) is 0 Å². The molecule has 3 aromatic rings. The summed E-state index contributed by atoms with van der Waals surface area (Å²) in [6.45, 7) is 3.72. The summed E-state index contributed by atoms with van der Waals surface area (Å²) in [5.74, 6) is 1.36. The highest BCUT2D eigenvalue weighted by Crippen LogP contribution is 2.28. The van der Waals surface area contributed by atoms with E-state index in [9.17, 15) is 18.6 Å². The van der Waals surface area contributed by atoms with E-state index in [1.807, 2.05) is 55.5 Å². The summed E-state index contributed by atoms with van der Waals surface area (Å²) in [6.07, 6.45) is 0.109. The van der Waals surface area contributed by atoms with Crippen molar-refractivity contribution in [3.05, 3.63) is 72.3 Å². The largest absolute Gasteiger partial charge is 0.506 e. The van der Waals surface area contributed by atoms with E-state index in [0.29, 0.717) is 25.3 Å². The lowest BCUT2D eigenvalue weighted by molar-refractivity contribution is 0.172. The second kappa shape index (κ2) is 11.7. The van der Waals surface area contributed by atoms with Gasteiger partial charge in [0.25, 0.3) is 0 Å². The first-order valence-electron chi connectivity index (χ1n) is 10.9. The number of aliphatic hydroxyl groups is 1. The van der Waals surface area contributed by atoms with Crippen LogP contribution in [-0.4, -0.2) is 51.2 Å². The first kappa shape index (κ1) is 25.4. The highest BCUT2D eigenvalue weighted by molar-refractivity contribution is 7.92. The van der Waals surface area contributed by atoms with Gasteiger partial charge >= 0.3 is 0 Å². The van der Waals surface area contributed by atoms with Crippen LogP contribution in [0.5, 0.6) is 17.2 Å². The molecule has 9 heteroatoms. The van der Waals surface area contributed by atoms with Crippen LogP contribution in [0.25, 0.3) is 11.1 Å². The third-order valence-electron chi connectivity index (χ3n) is 4.92. The highest BCUT2D eigenvalue weighted by atomic mass is 32.2. The molecule has 0 heterocycles. The number of hydrogen-bond acceptors (Lipinski definition) is 7. The van der Waals surface area contributed by atoms with Crippen LogP contribution < -0.4 is 19.5 Å². The van der Waals surface area contributed by atoms with Gasteiger partial charge in [0.05, 0.1) is 24.7 Å². The maximum absolute atomic E-state index is 11.4. The summed E-state index contributed by atoms with van der Waals surface area (Å²) < 4.78 is 36.4. The number of hydrogen-bond donors (Lipinski definition) is 4. The maximum atomic E-state index is 11.4. The van der Waals surface area contributed by atoms with Crippen LogP contribution in [0.15, 0.2) is 66.7 Å². The van der Waals surface area contributed by atoms with Gasteiger partial charge in [0.1, 0.15) is 23.9 Å². The Labute approximate surface area is 200 Å². The zero-order chi connectivity index (χ0) is 24.6. The van der Waals surface area contributed by atoms with Crippen LogP contribution in [0, 0.1) is 0 Å². The summed E-state index contributed by atoms with van der Waals surface area (Å²) in [7, 11) is -3.55. The lowest BCUT2D eigenvalue weighted by Crippen LogP contribution is -2.26. The van der Waals surface area contributed by atoms with Crippen LogP contribution in [0.4, 0.5) is 5.69 Å². The molecule has 0 amide bonds. The molecule has 182 valence electrons. The molecule has 8 nitrogen and oxygen atoms in total. The van der Waals surface area contributed by atoms with Crippen molar-refractivity contribution in [3.8, 4) is 28.4 Å². The van der Waals surface area contributed by atoms with Gasteiger partial charge in [-0.1, -0.05) is 30.3 Å². The van der Waals surface area contributed by atoms with Crippen LogP contribution in [-0.2, 0) is 10.0 Å². The molecule has 0 aliphatic heterocycles. The molecule has 1 atom stereocenters. The molecule has 0 aliphatic carbocycles. The Hall–Kier alpha value is -3.27. The van der Waals surface area contributed by atoms with E-state index < -0.39 is 16.1 Å². The second-order valence-corrected chi connectivity index (χ2v) is 9.45. The topological polar surface area (TPSA) is 117 Å². The number of aromatic hydroxyl groups is 1. The van der Waals surface area contributed by atoms with Gasteiger partial charge in [-0.25, -0.2) is 8.42 Å². The Morgan fingerprint density at radius 1 is 0.941 bits per heavy atom. The van der Waals surface area contributed by atoms with Crippen molar-refractivity contribution >= 4 is 15.7 Å². The van der Waals surface area contributed by atoms with Crippen LogP contribution in [0.3, 0.4) is 0 Å². The van der Waals surface area contributed by atoms with Crippen molar-refractivity contribution in [2.45, 2.75) is 13.0 Å². The van der Waals surface area contributed by atoms with Crippen molar-refractivity contribution < 1.29 is 28.1 Å². The normalized spacial score (nSPS) is 12.2. The zero-order valence-electron chi connectivity index (χ0n) is 19.2. The first-order chi connectivity index (χ1) is 16.2. The van der Waals surface area contributed by atoms with Crippen molar-refractivity contribution in [1.29, 1.82) is 0 Å². The summed E-state index contributed by atoms with van der Waals surface area (Å²) >= 11 is 0. The first-order valence-corrected chi connectivity index (χ1v) is 12.8. The van der Waals surface area contributed by atoms with Crippen molar-refractivity contribution in [3.63, 3.8) is 0 Å². The van der Waals surface area contributed by atoms with E-state index >= 15 is 0 Å². The van der Waals surface area contributed by atoms with Crippen molar-refractivity contribution in [2.75, 3.05) is 37.3 Å². The quantitative estimate of drug-likeness (QED) is 0.229. The Morgan fingerprint density at radius 2 is 1.71 bits per heavy atom. The molecular formula is C25H30N2O6S. The molecule has 0 fully saturated rings. The molecule has 0 radical (unpaired) electrons. The zero-order valence-corrected chi connectivity index (χ0v) is 20.0. The third kappa shape index (κ3) is 7.65. The summed E-state index contributed by atoms with van der Waals surface area (Å²) in [6, 6.07) is 20.0. The number of rotatable bonds is 12. The Bertz CT molecular complexity index is 1180. The van der Waals surface area contributed by atoms with Gasteiger partial charge in [-0.05, 0) is 60.0 Å². The fourth-order valence-corrected chi connectivity index (χ4v) is 3.88. The van der Waals surface area contributed by atoms with E-state index in [0.717, 1.165) is 28.9 Å². The number of ether oxygens (including phenoxy) is 2. The van der Waals surface area contributed by atoms with Crippen LogP contribution in [0.1, 0.15) is 18.6 Å². The molecule has 0 unspecified atom stereocenters. The molecule has 3 rings (SSSR count). The Balaban J connectivity index is 1.45. The monoisotopic (exact) mass is 486 g/mol. The van der Waals surface area contributed by atoms with Gasteiger partial charge in [0, 0.05) is 13.1 Å². The van der Waals surface area contributed by atoms with Gasteiger partial charge in [-0.2, -0.15) is 0 Å². The highest BCUT2D eigenvalue weighted by Gasteiger charge is 2.13. The van der Waals surface area contributed by atoms with Crippen molar-refractivity contribution in [2.24, 2.45) is 0 Å². The average Bonchev–Trinajstić information content (AvgIpc) is 2.80. The number of phenols is 1. The van der Waals surface area contributed by atoms with E-state index in [4.69, 9.17) is 9.47 Å². The predicted octanol–water partition coefficient (Wildman–Crippen LogP) is 3.53. The number of sulfonamides is 1. The molecule has 0 spiro atoms. The Kier molecular flexibility index (Phi) is 8.75. The van der Waals surface area contributed by atoms with Gasteiger partial charge in [0.15, 0.2) is 0 Å². The maximum Gasteiger partial charge on any atom is 0.229 e. The lowest BCUT2D eigenvalue weighted by atomic mass is 10.1. The summed E-state index contributed by atoms with van der Waals surface area (Å²) in [5.41, 5.74) is 2.63. The predicted molar refractivity (Wildman–Crippen MR) is 133 cm³/mol. The van der Waals surface area contributed by atoms with E-state index in [-0.39, 0.29) is 18.0 Å². The van der Waals surface area contributed by atoms with E-state index in [1.54, 1.807) is 0 Å². The molecule has 3 aromatic carbocycles. The summed E-state index contributed by atoms with van der Waals surface area (Å²) in [5, 5.41) is 23.3. The number of anilines is 1. The molecule has 0 bridgehead atoms. The number of nitrogens with one attached hydrogen (secondary N) is 2. The Morgan fingerprint density at radius 3 is 2.41 bits per heavy atom. The minimum Gasteiger partial charge on any atom is -0.506 e. The molecule has 4 N–H and O–H groups in total. The van der Waals surface area contributed by atoms with Gasteiger partial charge < -0.3 is 25.0 Å². The SMILES string of the molecule is CCOc1cccc(-c2ccc(OCCNC[C@H](O)c3ccc(O)c(NS(C)(=O)=O)c3)cc2)c1. The fraction of sp³-hybridized carbons (Fsp3) is 0.280. The fourth-order valence-electron chi connectivity index (χ4n) is 3.32. The second-order valence-electron chi connectivity index (χ2n) is 7.70. The number of benzene rings is 3. The van der Waals surface area contributed by atoms with Gasteiger partial charge in [-0.3, -0.25) is 4.72 Å². The molecular weight excluding hydrogens is 456 g/mol. The number of phenolic OH excluding ortho intramolecular Hbond substituents is 1. The third-order valence-corrected chi connectivity index (χ3v) is 5.51. The van der Waals surface area contributed by atoms with Crippen LogP contribution >= 0.6 is 0 Å². The molecule has 0 saturated heterocycles. The van der Waals surface area contributed by atoms with Gasteiger partial charge in [0.2, 0.25) is 10.0 Å². The van der Waals surface area contributed by atoms with Crippen molar-refractivity contribution in [1.82, 2.24) is 5.32 Å². The summed E-state index contributed by atoms with van der Waals surface area (Å²) in [4.78, 5) is 0. The van der Waals surface area contributed by atoms with Gasteiger partial charge in [-0.15, -0.1) is 0 Å². The smallest absolute Gasteiger partial charge is 0.229 e. The lowest BCUT2D eigenvalue weighted by Gasteiger charge is -2.15. The van der Waals surface area contributed by atoms with E-state index in [1.165, 1.54) is 18.2 Å². The van der Waals surface area contributed by atoms with E-state index in [2.05, 4.69) is 10.0 Å². The minimum absolute atomic E-state index is 0.0236. The molecule has 0 aromatic heterocycles.